The van der Waals surface area contributed by atoms with Gasteiger partial charge in [0.15, 0.2) is 5.69 Å². The molecule has 2 N–H and O–H groups in total. The zero-order valence-corrected chi connectivity index (χ0v) is 13.8. The first-order valence-electron chi connectivity index (χ1n) is 8.27. The van der Waals surface area contributed by atoms with E-state index < -0.39 is 5.97 Å². The molecule has 1 unspecified atom stereocenters. The molecule has 2 aromatic rings. The lowest BCUT2D eigenvalue weighted by Crippen LogP contribution is -2.41. The van der Waals surface area contributed by atoms with Crippen LogP contribution in [0.15, 0.2) is 42.7 Å². The molecule has 7 heteroatoms. The molecule has 3 rings (SSSR count). The number of benzene rings is 1. The number of hydrogen-bond acceptors (Lipinski definition) is 5. The maximum atomic E-state index is 12.1. The Balaban J connectivity index is 1.56. The summed E-state index contributed by atoms with van der Waals surface area (Å²) >= 11 is 0. The highest BCUT2D eigenvalue weighted by Crippen LogP contribution is 2.20. The minimum atomic E-state index is -1.08. The average molecular weight is 340 g/mol. The Morgan fingerprint density at radius 3 is 2.68 bits per heavy atom. The Kier molecular flexibility index (Phi) is 5.23. The number of nitrogens with zero attached hydrogens (tertiary/aromatic N) is 3. The number of aromatic carboxylic acids is 1. The van der Waals surface area contributed by atoms with E-state index in [0.29, 0.717) is 23.8 Å². The fourth-order valence-electron chi connectivity index (χ4n) is 2.96. The van der Waals surface area contributed by atoms with Crippen molar-refractivity contribution in [3.63, 3.8) is 0 Å². The van der Waals surface area contributed by atoms with Gasteiger partial charge in [0.2, 0.25) is 0 Å². The van der Waals surface area contributed by atoms with Crippen LogP contribution in [0, 0.1) is 5.92 Å². The number of aromatic nitrogens is 2. The van der Waals surface area contributed by atoms with Gasteiger partial charge in [0, 0.05) is 25.2 Å². The molecule has 1 atom stereocenters. The largest absolute Gasteiger partial charge is 0.476 e. The quantitative estimate of drug-likeness (QED) is 0.862. The summed E-state index contributed by atoms with van der Waals surface area (Å²) in [5.41, 5.74) is 0.595. The molecule has 1 aliphatic heterocycles. The Bertz CT molecular complexity index is 734. The number of carboxylic acids is 1. The fraction of sp³-hybridized carbons (Fsp3) is 0.333. The summed E-state index contributed by atoms with van der Waals surface area (Å²) in [7, 11) is 0. The molecule has 0 aliphatic carbocycles. The van der Waals surface area contributed by atoms with Crippen LogP contribution in [-0.4, -0.2) is 46.6 Å². The van der Waals surface area contributed by atoms with E-state index in [2.05, 4.69) is 20.2 Å². The Morgan fingerprint density at radius 1 is 1.20 bits per heavy atom. The van der Waals surface area contributed by atoms with Gasteiger partial charge in [-0.25, -0.2) is 14.8 Å². The van der Waals surface area contributed by atoms with Crippen LogP contribution in [0.5, 0.6) is 0 Å². The van der Waals surface area contributed by atoms with Gasteiger partial charge in [-0.3, -0.25) is 4.79 Å². The first kappa shape index (κ1) is 16.9. The predicted molar refractivity (Wildman–Crippen MR) is 92.7 cm³/mol. The maximum Gasteiger partial charge on any atom is 0.356 e. The lowest BCUT2D eigenvalue weighted by atomic mass is 9.98. The summed E-state index contributed by atoms with van der Waals surface area (Å²) < 4.78 is 0. The number of rotatable bonds is 5. The third-order valence-corrected chi connectivity index (χ3v) is 4.29. The van der Waals surface area contributed by atoms with Crippen molar-refractivity contribution in [3.8, 4) is 0 Å². The normalized spacial score (nSPS) is 17.1. The van der Waals surface area contributed by atoms with Crippen molar-refractivity contribution >= 4 is 17.7 Å². The SMILES string of the molecule is O=C(NCC1CCCN(c2cnc(C(=O)O)cn2)C1)c1ccccc1. The summed E-state index contributed by atoms with van der Waals surface area (Å²) in [6.45, 7) is 2.21. The molecular formula is C18H20N4O3. The number of carbonyl (C=O) groups excluding carboxylic acids is 1. The van der Waals surface area contributed by atoms with Crippen LogP contribution < -0.4 is 10.2 Å². The number of nitrogens with one attached hydrogen (secondary N) is 1. The van der Waals surface area contributed by atoms with Gasteiger partial charge in [-0.1, -0.05) is 18.2 Å². The topological polar surface area (TPSA) is 95.4 Å². The van der Waals surface area contributed by atoms with E-state index in [1.165, 1.54) is 12.4 Å². The zero-order valence-electron chi connectivity index (χ0n) is 13.8. The van der Waals surface area contributed by atoms with Gasteiger partial charge in [0.25, 0.3) is 5.91 Å². The van der Waals surface area contributed by atoms with E-state index >= 15 is 0 Å². The summed E-state index contributed by atoms with van der Waals surface area (Å²) in [5, 5.41) is 11.9. The van der Waals surface area contributed by atoms with Crippen molar-refractivity contribution in [2.75, 3.05) is 24.5 Å². The number of amides is 1. The molecule has 0 bridgehead atoms. The molecule has 0 saturated carbocycles. The van der Waals surface area contributed by atoms with Crippen LogP contribution in [0.3, 0.4) is 0 Å². The van der Waals surface area contributed by atoms with Gasteiger partial charge < -0.3 is 15.3 Å². The Labute approximate surface area is 145 Å². The molecule has 1 fully saturated rings. The number of anilines is 1. The van der Waals surface area contributed by atoms with Gasteiger partial charge in [0.05, 0.1) is 12.4 Å². The monoisotopic (exact) mass is 340 g/mol. The van der Waals surface area contributed by atoms with Crippen molar-refractivity contribution in [2.45, 2.75) is 12.8 Å². The van der Waals surface area contributed by atoms with Gasteiger partial charge in [-0.05, 0) is 30.9 Å². The second kappa shape index (κ2) is 7.74. The van der Waals surface area contributed by atoms with Crippen LogP contribution in [-0.2, 0) is 0 Å². The minimum Gasteiger partial charge on any atom is -0.476 e. The van der Waals surface area contributed by atoms with Crippen molar-refractivity contribution in [2.24, 2.45) is 5.92 Å². The lowest BCUT2D eigenvalue weighted by Gasteiger charge is -2.33. The first-order chi connectivity index (χ1) is 12.1. The van der Waals surface area contributed by atoms with Crippen LogP contribution in [0.1, 0.15) is 33.7 Å². The molecule has 25 heavy (non-hydrogen) atoms. The fourth-order valence-corrected chi connectivity index (χ4v) is 2.96. The van der Waals surface area contributed by atoms with E-state index in [0.717, 1.165) is 25.9 Å². The average Bonchev–Trinajstić information content (AvgIpc) is 2.67. The Hall–Kier alpha value is -2.96. The highest BCUT2D eigenvalue weighted by atomic mass is 16.4. The van der Waals surface area contributed by atoms with Gasteiger partial charge in [0.1, 0.15) is 5.82 Å². The molecule has 1 aromatic heterocycles. The molecule has 1 saturated heterocycles. The van der Waals surface area contributed by atoms with E-state index in [1.54, 1.807) is 12.1 Å². The number of carbonyl (C=O) groups is 2. The molecule has 1 amide bonds. The second-order valence-corrected chi connectivity index (χ2v) is 6.10. The van der Waals surface area contributed by atoms with Crippen molar-refractivity contribution in [3.05, 3.63) is 54.0 Å². The molecule has 1 aliphatic rings. The van der Waals surface area contributed by atoms with E-state index in [1.807, 2.05) is 18.2 Å². The molecule has 1 aromatic carbocycles. The van der Waals surface area contributed by atoms with Crippen molar-refractivity contribution < 1.29 is 14.7 Å². The van der Waals surface area contributed by atoms with E-state index in [9.17, 15) is 9.59 Å². The molecular weight excluding hydrogens is 320 g/mol. The maximum absolute atomic E-state index is 12.1. The summed E-state index contributed by atoms with van der Waals surface area (Å²) in [5.74, 6) is -0.158. The zero-order chi connectivity index (χ0) is 17.6. The van der Waals surface area contributed by atoms with Crippen molar-refractivity contribution in [1.29, 1.82) is 0 Å². The third-order valence-electron chi connectivity index (χ3n) is 4.29. The molecule has 130 valence electrons. The minimum absolute atomic E-state index is 0.0626. The molecule has 0 radical (unpaired) electrons. The number of hydrogen-bond donors (Lipinski definition) is 2. The highest BCUT2D eigenvalue weighted by molar-refractivity contribution is 5.94. The standard InChI is InChI=1S/C18H20N4O3/c23-17(14-6-2-1-3-7-14)21-9-13-5-4-8-22(12-13)16-11-19-15(10-20-16)18(24)25/h1-3,6-7,10-11,13H,4-5,8-9,12H2,(H,21,23)(H,24,25). The second-order valence-electron chi connectivity index (χ2n) is 6.10. The summed E-state index contributed by atoms with van der Waals surface area (Å²) in [6, 6.07) is 9.16. The van der Waals surface area contributed by atoms with Crippen molar-refractivity contribution in [1.82, 2.24) is 15.3 Å². The lowest BCUT2D eigenvalue weighted by molar-refractivity contribution is 0.0689. The van der Waals surface area contributed by atoms with Crippen LogP contribution in [0.2, 0.25) is 0 Å². The Morgan fingerprint density at radius 2 is 2.00 bits per heavy atom. The van der Waals surface area contributed by atoms with Crippen LogP contribution >= 0.6 is 0 Å². The van der Waals surface area contributed by atoms with Gasteiger partial charge in [-0.15, -0.1) is 0 Å². The molecule has 0 spiro atoms. The summed E-state index contributed by atoms with van der Waals surface area (Å²) in [4.78, 5) is 33.2. The highest BCUT2D eigenvalue weighted by Gasteiger charge is 2.22. The van der Waals surface area contributed by atoms with Crippen LogP contribution in [0.4, 0.5) is 5.82 Å². The molecule has 7 nitrogen and oxygen atoms in total. The summed E-state index contributed by atoms with van der Waals surface area (Å²) in [6.07, 6.45) is 4.80. The number of piperidine rings is 1. The predicted octanol–water partition coefficient (Wildman–Crippen LogP) is 1.82. The van der Waals surface area contributed by atoms with Crippen LogP contribution in [0.25, 0.3) is 0 Å². The van der Waals surface area contributed by atoms with E-state index in [4.69, 9.17) is 5.11 Å². The van der Waals surface area contributed by atoms with Gasteiger partial charge >= 0.3 is 5.97 Å². The first-order valence-corrected chi connectivity index (χ1v) is 8.27. The third kappa shape index (κ3) is 4.32. The number of carboxylic acid groups (broad SMARTS) is 1. The van der Waals surface area contributed by atoms with E-state index in [-0.39, 0.29) is 11.6 Å². The smallest absolute Gasteiger partial charge is 0.356 e. The van der Waals surface area contributed by atoms with Gasteiger partial charge in [-0.2, -0.15) is 0 Å². The molecule has 2 heterocycles.